The third-order valence-electron chi connectivity index (χ3n) is 6.88. The number of hydrogen-bond donors (Lipinski definition) is 1. The summed E-state index contributed by atoms with van der Waals surface area (Å²) < 4.78 is 19.2. The van der Waals surface area contributed by atoms with Crippen molar-refractivity contribution in [3.63, 3.8) is 0 Å². The first-order valence-electron chi connectivity index (χ1n) is 10.5. The molecule has 7 nitrogen and oxygen atoms in total. The van der Waals surface area contributed by atoms with Crippen molar-refractivity contribution in [3.05, 3.63) is 41.2 Å². The van der Waals surface area contributed by atoms with Gasteiger partial charge in [-0.3, -0.25) is 5.10 Å². The Labute approximate surface area is 179 Å². The summed E-state index contributed by atoms with van der Waals surface area (Å²) in [6, 6.07) is 4.37. The first kappa shape index (κ1) is 19.6. The number of nitrogens with zero attached hydrogens (tertiary/aromatic N) is 4. The summed E-state index contributed by atoms with van der Waals surface area (Å²) in [5, 5.41) is 7.15. The summed E-state index contributed by atoms with van der Waals surface area (Å²) in [6.07, 6.45) is 6.45. The summed E-state index contributed by atoms with van der Waals surface area (Å²) >= 11 is 6.07. The first-order chi connectivity index (χ1) is 14.5. The van der Waals surface area contributed by atoms with Gasteiger partial charge >= 0.3 is 6.03 Å². The standard InChI is InChI=1S/C21H25ClFN5O2/c22-17-9-15(23)1-2-18(17)30-16-10-21(11-16)4-7-27(8-5-21)20(29)28-6-3-14(12-28)19-24-13-25-26-19/h1-2,9,13-14,16H,3-8,10-12H2,(H,24,25,26)/t14-/m0/s1. The van der Waals surface area contributed by atoms with Crippen LogP contribution >= 0.6 is 11.6 Å². The third-order valence-corrected chi connectivity index (χ3v) is 7.18. The Morgan fingerprint density at radius 1 is 1.23 bits per heavy atom. The highest BCUT2D eigenvalue weighted by atomic mass is 35.5. The maximum atomic E-state index is 13.2. The van der Waals surface area contributed by atoms with Gasteiger partial charge in [0.05, 0.1) is 11.1 Å². The second-order valence-corrected chi connectivity index (χ2v) is 9.20. The lowest BCUT2D eigenvalue weighted by Gasteiger charge is -2.52. The van der Waals surface area contributed by atoms with E-state index in [9.17, 15) is 9.18 Å². The summed E-state index contributed by atoms with van der Waals surface area (Å²) in [4.78, 5) is 21.1. The van der Waals surface area contributed by atoms with Crippen LogP contribution in [-0.4, -0.2) is 63.3 Å². The number of urea groups is 1. The normalized spacial score (nSPS) is 23.6. The second kappa shape index (κ2) is 7.72. The molecular formula is C21H25ClFN5O2. The highest BCUT2D eigenvalue weighted by molar-refractivity contribution is 6.32. The first-order valence-corrected chi connectivity index (χ1v) is 10.9. The molecule has 0 unspecified atom stereocenters. The highest BCUT2D eigenvalue weighted by Gasteiger charge is 2.48. The summed E-state index contributed by atoms with van der Waals surface area (Å²) in [6.45, 7) is 3.03. The fraction of sp³-hybridized carbons (Fsp3) is 0.571. The molecule has 2 saturated heterocycles. The van der Waals surface area contributed by atoms with Crippen molar-refractivity contribution in [2.45, 2.75) is 44.1 Å². The van der Waals surface area contributed by atoms with E-state index in [-0.39, 0.29) is 29.3 Å². The number of halogens is 2. The molecule has 3 heterocycles. The maximum absolute atomic E-state index is 13.2. The predicted molar refractivity (Wildman–Crippen MR) is 109 cm³/mol. The Morgan fingerprint density at radius 2 is 2.03 bits per heavy atom. The number of amides is 2. The van der Waals surface area contributed by atoms with Crippen molar-refractivity contribution in [2.75, 3.05) is 26.2 Å². The van der Waals surface area contributed by atoms with E-state index in [4.69, 9.17) is 16.3 Å². The molecular weight excluding hydrogens is 409 g/mol. The zero-order chi connectivity index (χ0) is 20.7. The number of carbonyl (C=O) groups is 1. The largest absolute Gasteiger partial charge is 0.489 e. The van der Waals surface area contributed by atoms with E-state index in [0.29, 0.717) is 17.3 Å². The molecule has 0 bridgehead atoms. The number of ether oxygens (including phenoxy) is 1. The number of H-pyrrole nitrogens is 1. The Hall–Kier alpha value is -2.35. The van der Waals surface area contributed by atoms with Gasteiger partial charge in [-0.25, -0.2) is 14.2 Å². The smallest absolute Gasteiger partial charge is 0.320 e. The van der Waals surface area contributed by atoms with Gasteiger partial charge in [0.1, 0.15) is 23.7 Å². The van der Waals surface area contributed by atoms with Crippen LogP contribution in [0.2, 0.25) is 5.02 Å². The van der Waals surface area contributed by atoms with Crippen LogP contribution in [0.5, 0.6) is 5.75 Å². The Morgan fingerprint density at radius 3 is 2.73 bits per heavy atom. The molecule has 30 heavy (non-hydrogen) atoms. The molecule has 3 fully saturated rings. The topological polar surface area (TPSA) is 74.3 Å². The van der Waals surface area contributed by atoms with Gasteiger partial charge in [-0.05, 0) is 55.7 Å². The van der Waals surface area contributed by atoms with E-state index >= 15 is 0 Å². The molecule has 1 aromatic carbocycles. The van der Waals surface area contributed by atoms with Crippen LogP contribution in [0.25, 0.3) is 0 Å². The Balaban J connectivity index is 1.10. The van der Waals surface area contributed by atoms with Crippen molar-refractivity contribution >= 4 is 17.6 Å². The van der Waals surface area contributed by atoms with E-state index in [1.54, 1.807) is 6.07 Å². The minimum Gasteiger partial charge on any atom is -0.489 e. The number of nitrogens with one attached hydrogen (secondary N) is 1. The van der Waals surface area contributed by atoms with E-state index in [0.717, 1.165) is 57.6 Å². The Bertz CT molecular complexity index is 908. The minimum atomic E-state index is -0.361. The summed E-state index contributed by atoms with van der Waals surface area (Å²) in [5.74, 6) is 1.29. The van der Waals surface area contributed by atoms with Crippen molar-refractivity contribution in [1.82, 2.24) is 25.0 Å². The number of rotatable bonds is 3. The minimum absolute atomic E-state index is 0.108. The average molecular weight is 434 g/mol. The van der Waals surface area contributed by atoms with Crippen LogP contribution in [0.15, 0.2) is 24.5 Å². The lowest BCUT2D eigenvalue weighted by molar-refractivity contribution is -0.0504. The predicted octanol–water partition coefficient (Wildman–Crippen LogP) is 3.83. The van der Waals surface area contributed by atoms with Gasteiger partial charge in [-0.15, -0.1) is 0 Å². The molecule has 1 atom stereocenters. The van der Waals surface area contributed by atoms with Gasteiger partial charge in [0.25, 0.3) is 0 Å². The van der Waals surface area contributed by atoms with Crippen LogP contribution in [0.3, 0.4) is 0 Å². The Kier molecular flexibility index (Phi) is 5.05. The quantitative estimate of drug-likeness (QED) is 0.798. The lowest BCUT2D eigenvalue weighted by Crippen LogP contribution is -2.54. The van der Waals surface area contributed by atoms with Crippen molar-refractivity contribution in [1.29, 1.82) is 0 Å². The molecule has 1 spiro atoms. The number of piperidine rings is 1. The third kappa shape index (κ3) is 3.73. The van der Waals surface area contributed by atoms with Gasteiger partial charge in [0, 0.05) is 32.1 Å². The molecule has 2 amide bonds. The SMILES string of the molecule is O=C(N1CCC2(CC1)CC(Oc1ccc(F)cc1Cl)C2)N1CC[C@H](c2ncn[nH]2)C1. The van der Waals surface area contributed by atoms with Crippen LogP contribution in [0.4, 0.5) is 9.18 Å². The molecule has 3 aliphatic rings. The highest BCUT2D eigenvalue weighted by Crippen LogP contribution is 2.51. The van der Waals surface area contributed by atoms with Gasteiger partial charge in [-0.1, -0.05) is 11.6 Å². The number of benzene rings is 1. The van der Waals surface area contributed by atoms with Crippen molar-refractivity contribution in [2.24, 2.45) is 5.41 Å². The van der Waals surface area contributed by atoms with Crippen LogP contribution < -0.4 is 4.74 Å². The molecule has 9 heteroatoms. The van der Waals surface area contributed by atoms with Gasteiger partial charge in [-0.2, -0.15) is 5.10 Å². The molecule has 2 aliphatic heterocycles. The zero-order valence-corrected chi connectivity index (χ0v) is 17.4. The fourth-order valence-corrected chi connectivity index (χ4v) is 5.30. The van der Waals surface area contributed by atoms with Crippen LogP contribution in [0, 0.1) is 11.2 Å². The molecule has 1 aliphatic carbocycles. The van der Waals surface area contributed by atoms with Gasteiger partial charge < -0.3 is 14.5 Å². The molecule has 1 N–H and O–H groups in total. The van der Waals surface area contributed by atoms with Crippen molar-refractivity contribution < 1.29 is 13.9 Å². The van der Waals surface area contributed by atoms with Crippen LogP contribution in [0.1, 0.15) is 43.8 Å². The molecule has 2 aromatic rings. The van der Waals surface area contributed by atoms with Gasteiger partial charge in [0.15, 0.2) is 0 Å². The molecule has 0 radical (unpaired) electrons. The molecule has 1 aromatic heterocycles. The summed E-state index contributed by atoms with van der Waals surface area (Å²) in [5.41, 5.74) is 0.251. The lowest BCUT2D eigenvalue weighted by atomic mass is 9.61. The monoisotopic (exact) mass is 433 g/mol. The van der Waals surface area contributed by atoms with E-state index < -0.39 is 0 Å². The number of aromatic nitrogens is 3. The average Bonchev–Trinajstić information content (AvgIpc) is 3.40. The maximum Gasteiger partial charge on any atom is 0.320 e. The van der Waals surface area contributed by atoms with E-state index in [1.165, 1.54) is 18.5 Å². The number of likely N-dealkylation sites (tertiary alicyclic amines) is 2. The fourth-order valence-electron chi connectivity index (χ4n) is 5.09. The number of aromatic amines is 1. The summed E-state index contributed by atoms with van der Waals surface area (Å²) in [7, 11) is 0. The van der Waals surface area contributed by atoms with E-state index in [1.807, 2.05) is 9.80 Å². The van der Waals surface area contributed by atoms with Crippen molar-refractivity contribution in [3.8, 4) is 5.75 Å². The van der Waals surface area contributed by atoms with E-state index in [2.05, 4.69) is 15.2 Å². The van der Waals surface area contributed by atoms with Gasteiger partial charge in [0.2, 0.25) is 0 Å². The molecule has 160 valence electrons. The molecule has 1 saturated carbocycles. The zero-order valence-electron chi connectivity index (χ0n) is 16.7. The number of hydrogen-bond acceptors (Lipinski definition) is 4. The van der Waals surface area contributed by atoms with Crippen LogP contribution in [-0.2, 0) is 0 Å². The second-order valence-electron chi connectivity index (χ2n) is 8.79. The number of carbonyl (C=O) groups excluding carboxylic acids is 1. The molecule has 5 rings (SSSR count).